The molecule has 0 bridgehead atoms. The number of methoxy groups -OCH3 is 1. The molecule has 1 aliphatic heterocycles. The third-order valence-electron chi connectivity index (χ3n) is 5.34. The lowest BCUT2D eigenvalue weighted by Crippen LogP contribution is -2.37. The van der Waals surface area contributed by atoms with Gasteiger partial charge in [-0.2, -0.15) is 0 Å². The molecule has 0 radical (unpaired) electrons. The Morgan fingerprint density at radius 1 is 1.04 bits per heavy atom. The van der Waals surface area contributed by atoms with Crippen molar-refractivity contribution in [1.29, 1.82) is 0 Å². The summed E-state index contributed by atoms with van der Waals surface area (Å²) in [6.07, 6.45) is 3.40. The number of ether oxygens (including phenoxy) is 1. The largest absolute Gasteiger partial charge is 0.496 e. The summed E-state index contributed by atoms with van der Waals surface area (Å²) in [5.41, 5.74) is 3.70. The monoisotopic (exact) mass is 360 g/mol. The van der Waals surface area contributed by atoms with Crippen LogP contribution in [0, 0.1) is 20.8 Å². The first-order valence-corrected chi connectivity index (χ1v) is 9.62. The van der Waals surface area contributed by atoms with Gasteiger partial charge in [0.05, 0.1) is 7.11 Å². The molecule has 1 fully saturated rings. The number of aryl methyl sites for hydroxylation is 1. The average molecular weight is 360 g/mol. The van der Waals surface area contributed by atoms with Crippen LogP contribution < -0.4 is 4.74 Å². The minimum absolute atomic E-state index is 0.0548. The molecule has 2 rings (SSSR count). The molecule has 2 amide bonds. The van der Waals surface area contributed by atoms with Gasteiger partial charge in [-0.05, 0) is 56.4 Å². The molecule has 1 saturated heterocycles. The van der Waals surface area contributed by atoms with Crippen molar-refractivity contribution in [3.63, 3.8) is 0 Å². The first-order valence-electron chi connectivity index (χ1n) is 9.62. The van der Waals surface area contributed by atoms with E-state index >= 15 is 0 Å². The Kier molecular flexibility index (Phi) is 7.06. The summed E-state index contributed by atoms with van der Waals surface area (Å²) in [4.78, 5) is 29.2. The third kappa shape index (κ3) is 4.37. The van der Waals surface area contributed by atoms with Crippen molar-refractivity contribution < 1.29 is 14.3 Å². The maximum absolute atomic E-state index is 13.1. The van der Waals surface area contributed by atoms with Crippen molar-refractivity contribution in [1.82, 2.24) is 9.80 Å². The molecule has 1 aromatic carbocycles. The molecule has 0 unspecified atom stereocenters. The number of nitrogens with zero attached hydrogens (tertiary/aromatic N) is 2. The van der Waals surface area contributed by atoms with Crippen LogP contribution in [0.3, 0.4) is 0 Å². The third-order valence-corrected chi connectivity index (χ3v) is 5.34. The minimum atomic E-state index is 0.0548. The van der Waals surface area contributed by atoms with Crippen molar-refractivity contribution in [3.05, 3.63) is 28.3 Å². The second-order valence-electron chi connectivity index (χ2n) is 7.15. The molecule has 26 heavy (non-hydrogen) atoms. The van der Waals surface area contributed by atoms with E-state index in [1.165, 1.54) is 0 Å². The number of hydrogen-bond acceptors (Lipinski definition) is 3. The molecule has 1 aromatic rings. The Morgan fingerprint density at radius 2 is 1.69 bits per heavy atom. The number of unbranched alkanes of at least 4 members (excludes halogenated alkanes) is 1. The van der Waals surface area contributed by atoms with Crippen LogP contribution >= 0.6 is 0 Å². The highest BCUT2D eigenvalue weighted by molar-refractivity contribution is 5.96. The second-order valence-corrected chi connectivity index (χ2v) is 7.15. The van der Waals surface area contributed by atoms with E-state index in [-0.39, 0.29) is 11.8 Å². The topological polar surface area (TPSA) is 49.9 Å². The lowest BCUT2D eigenvalue weighted by molar-refractivity contribution is -0.131. The summed E-state index contributed by atoms with van der Waals surface area (Å²) in [5, 5.41) is 0. The maximum atomic E-state index is 13.1. The van der Waals surface area contributed by atoms with Gasteiger partial charge in [-0.25, -0.2) is 0 Å². The molecule has 1 heterocycles. The zero-order valence-corrected chi connectivity index (χ0v) is 16.9. The zero-order chi connectivity index (χ0) is 19.3. The highest BCUT2D eigenvalue weighted by Crippen LogP contribution is 2.29. The van der Waals surface area contributed by atoms with Gasteiger partial charge in [0.2, 0.25) is 5.91 Å². The summed E-state index contributed by atoms with van der Waals surface area (Å²) in [5.74, 6) is 1.12. The predicted molar refractivity (Wildman–Crippen MR) is 104 cm³/mol. The molecule has 5 nitrogen and oxygen atoms in total. The van der Waals surface area contributed by atoms with Gasteiger partial charge >= 0.3 is 0 Å². The number of carbonyl (C=O) groups is 2. The summed E-state index contributed by atoms with van der Waals surface area (Å²) in [7, 11) is 1.66. The maximum Gasteiger partial charge on any atom is 0.254 e. The zero-order valence-electron chi connectivity index (χ0n) is 16.9. The number of amides is 2. The number of benzene rings is 1. The first kappa shape index (κ1) is 20.3. The van der Waals surface area contributed by atoms with E-state index in [0.717, 1.165) is 53.8 Å². The predicted octanol–water partition coefficient (Wildman–Crippen LogP) is 3.49. The van der Waals surface area contributed by atoms with Gasteiger partial charge in [0, 0.05) is 38.2 Å². The van der Waals surface area contributed by atoms with E-state index in [1.807, 2.05) is 36.6 Å². The van der Waals surface area contributed by atoms with E-state index < -0.39 is 0 Å². The molecular weight excluding hydrogens is 328 g/mol. The molecule has 0 saturated carbocycles. The van der Waals surface area contributed by atoms with Gasteiger partial charge in [-0.3, -0.25) is 9.59 Å². The van der Waals surface area contributed by atoms with Crippen LogP contribution in [-0.4, -0.2) is 54.9 Å². The number of carbonyl (C=O) groups excluding carboxylic acids is 2. The fourth-order valence-corrected chi connectivity index (χ4v) is 3.62. The Labute approximate surface area is 157 Å². The van der Waals surface area contributed by atoms with Crippen LogP contribution in [0.1, 0.15) is 59.7 Å². The van der Waals surface area contributed by atoms with Gasteiger partial charge in [0.15, 0.2) is 0 Å². The normalized spacial score (nSPS) is 15.0. The van der Waals surface area contributed by atoms with Crippen LogP contribution in [0.2, 0.25) is 0 Å². The van der Waals surface area contributed by atoms with Gasteiger partial charge in [0.1, 0.15) is 5.75 Å². The van der Waals surface area contributed by atoms with Crippen molar-refractivity contribution in [2.45, 2.75) is 53.4 Å². The van der Waals surface area contributed by atoms with Crippen LogP contribution in [0.4, 0.5) is 0 Å². The minimum Gasteiger partial charge on any atom is -0.496 e. The Balaban J connectivity index is 2.12. The second kappa shape index (κ2) is 9.06. The van der Waals surface area contributed by atoms with Gasteiger partial charge < -0.3 is 14.5 Å². The van der Waals surface area contributed by atoms with Crippen LogP contribution in [0.15, 0.2) is 6.07 Å². The van der Waals surface area contributed by atoms with Crippen molar-refractivity contribution in [2.75, 3.05) is 33.3 Å². The molecule has 0 spiro atoms. The molecule has 144 valence electrons. The standard InChI is InChI=1S/C21H32N2O3/c1-6-7-9-19(24)22-10-8-11-23(13-12-22)21(25)18-14-15(2)20(26-5)17(4)16(18)3/h14H,6-13H2,1-5H3. The molecule has 1 aliphatic rings. The number of hydrogen-bond donors (Lipinski definition) is 0. The summed E-state index contributed by atoms with van der Waals surface area (Å²) in [6.45, 7) is 10.7. The van der Waals surface area contributed by atoms with E-state index in [1.54, 1.807) is 7.11 Å². The Bertz CT molecular complexity index is 670. The van der Waals surface area contributed by atoms with Crippen molar-refractivity contribution >= 4 is 11.8 Å². The van der Waals surface area contributed by atoms with E-state index in [2.05, 4.69) is 6.92 Å². The molecule has 0 aromatic heterocycles. The quantitative estimate of drug-likeness (QED) is 0.808. The fourth-order valence-electron chi connectivity index (χ4n) is 3.62. The Hall–Kier alpha value is -2.04. The summed E-state index contributed by atoms with van der Waals surface area (Å²) in [6, 6.07) is 1.93. The van der Waals surface area contributed by atoms with Crippen LogP contribution in [-0.2, 0) is 4.79 Å². The SMILES string of the molecule is CCCCC(=O)N1CCCN(C(=O)c2cc(C)c(OC)c(C)c2C)CC1. The van der Waals surface area contributed by atoms with Crippen LogP contribution in [0.25, 0.3) is 0 Å². The van der Waals surface area contributed by atoms with E-state index in [9.17, 15) is 9.59 Å². The van der Waals surface area contributed by atoms with Gasteiger partial charge in [-0.1, -0.05) is 13.3 Å². The fraction of sp³-hybridized carbons (Fsp3) is 0.619. The molecule has 0 atom stereocenters. The lowest BCUT2D eigenvalue weighted by atomic mass is 9.97. The lowest BCUT2D eigenvalue weighted by Gasteiger charge is -2.24. The van der Waals surface area contributed by atoms with Crippen LogP contribution in [0.5, 0.6) is 5.75 Å². The van der Waals surface area contributed by atoms with E-state index in [0.29, 0.717) is 26.1 Å². The van der Waals surface area contributed by atoms with Crippen molar-refractivity contribution in [2.24, 2.45) is 0 Å². The first-order chi connectivity index (χ1) is 12.4. The molecule has 0 N–H and O–H groups in total. The summed E-state index contributed by atoms with van der Waals surface area (Å²) >= 11 is 0. The molecule has 5 heteroatoms. The molecule has 0 aliphatic carbocycles. The summed E-state index contributed by atoms with van der Waals surface area (Å²) < 4.78 is 5.46. The Morgan fingerprint density at radius 3 is 2.35 bits per heavy atom. The van der Waals surface area contributed by atoms with Gasteiger partial charge in [-0.15, -0.1) is 0 Å². The number of rotatable bonds is 5. The smallest absolute Gasteiger partial charge is 0.254 e. The van der Waals surface area contributed by atoms with Crippen molar-refractivity contribution in [3.8, 4) is 5.75 Å². The molecular formula is C21H32N2O3. The highest BCUT2D eigenvalue weighted by atomic mass is 16.5. The van der Waals surface area contributed by atoms with E-state index in [4.69, 9.17) is 4.74 Å². The van der Waals surface area contributed by atoms with Gasteiger partial charge in [0.25, 0.3) is 5.91 Å². The average Bonchev–Trinajstić information content (AvgIpc) is 2.89. The highest BCUT2D eigenvalue weighted by Gasteiger charge is 2.25.